The number of hydrogen-bond donors (Lipinski definition) is 2. The molecule has 0 aliphatic rings. The van der Waals surface area contributed by atoms with Crippen molar-refractivity contribution in [3.8, 4) is 11.5 Å². The maximum absolute atomic E-state index is 12.1. The molecule has 48 heavy (non-hydrogen) atoms. The fraction of sp³-hybridized carbons (Fsp3) is 0.0625. The zero-order chi connectivity index (χ0) is 33.6. The summed E-state index contributed by atoms with van der Waals surface area (Å²) >= 11 is 2.72. The Bertz CT molecular complexity index is 1850. The fourth-order valence-corrected chi connectivity index (χ4v) is 4.82. The van der Waals surface area contributed by atoms with E-state index in [1.54, 1.807) is 82.7 Å². The second-order valence-corrected chi connectivity index (χ2v) is 10.6. The average Bonchev–Trinajstić information content (AvgIpc) is 3.88. The first kappa shape index (κ1) is 33.1. The molecule has 0 bridgehead atoms. The summed E-state index contributed by atoms with van der Waals surface area (Å²) in [5.41, 5.74) is 6.18. The van der Waals surface area contributed by atoms with Gasteiger partial charge in [0.25, 0.3) is 11.8 Å². The molecule has 14 nitrogen and oxygen atoms in total. The summed E-state index contributed by atoms with van der Waals surface area (Å²) in [5.74, 6) is 1.40. The largest absolute Gasteiger partial charge is 0.494 e. The standard InChI is InChI=1S/2C16H13N5O2S/c2*1-23-14-8-11(20-21-15-4-2-3-7-17-15)5-6-12(14)19-16(22)13-9-24-10-18-13/h2*2-10H,1H3,(H,19,22). The molecule has 240 valence electrons. The van der Waals surface area contributed by atoms with E-state index in [0.717, 1.165) is 0 Å². The lowest BCUT2D eigenvalue weighted by molar-refractivity contribution is 0.101. The molecule has 0 saturated heterocycles. The van der Waals surface area contributed by atoms with Crippen LogP contribution in [-0.2, 0) is 0 Å². The summed E-state index contributed by atoms with van der Waals surface area (Å²) in [5, 5.41) is 25.2. The molecule has 6 rings (SSSR count). The maximum atomic E-state index is 12.1. The Morgan fingerprint density at radius 3 is 1.42 bits per heavy atom. The van der Waals surface area contributed by atoms with Crippen molar-refractivity contribution in [2.45, 2.75) is 0 Å². The van der Waals surface area contributed by atoms with Crippen molar-refractivity contribution < 1.29 is 19.1 Å². The number of anilines is 2. The second-order valence-electron chi connectivity index (χ2n) is 9.20. The molecule has 0 unspecified atom stereocenters. The van der Waals surface area contributed by atoms with Crippen LogP contribution >= 0.6 is 22.7 Å². The first-order valence-corrected chi connectivity index (χ1v) is 15.8. The lowest BCUT2D eigenvalue weighted by Crippen LogP contribution is -2.12. The van der Waals surface area contributed by atoms with E-state index in [4.69, 9.17) is 9.47 Å². The number of carbonyl (C=O) groups is 2. The van der Waals surface area contributed by atoms with Crippen LogP contribution in [0.1, 0.15) is 21.0 Å². The molecular weight excluding hydrogens is 653 g/mol. The van der Waals surface area contributed by atoms with Crippen LogP contribution in [-0.4, -0.2) is 46.0 Å². The van der Waals surface area contributed by atoms with Crippen LogP contribution in [0.4, 0.5) is 34.4 Å². The predicted octanol–water partition coefficient (Wildman–Crippen LogP) is 8.43. The van der Waals surface area contributed by atoms with E-state index in [0.29, 0.717) is 57.3 Å². The molecule has 6 aromatic rings. The van der Waals surface area contributed by atoms with E-state index in [-0.39, 0.29) is 11.8 Å². The minimum Gasteiger partial charge on any atom is -0.494 e. The lowest BCUT2D eigenvalue weighted by atomic mass is 10.2. The number of pyridine rings is 2. The number of ether oxygens (including phenoxy) is 2. The highest BCUT2D eigenvalue weighted by atomic mass is 32.1. The summed E-state index contributed by atoms with van der Waals surface area (Å²) in [6, 6.07) is 21.0. The van der Waals surface area contributed by atoms with E-state index in [1.807, 2.05) is 24.3 Å². The average molecular weight is 679 g/mol. The molecule has 0 atom stereocenters. The number of thiazole rings is 2. The molecule has 2 aromatic carbocycles. The Kier molecular flexibility index (Phi) is 11.6. The van der Waals surface area contributed by atoms with Crippen LogP contribution in [0.2, 0.25) is 0 Å². The maximum Gasteiger partial charge on any atom is 0.275 e. The second kappa shape index (κ2) is 16.9. The van der Waals surface area contributed by atoms with Crippen LogP contribution in [0.15, 0.2) is 127 Å². The predicted molar refractivity (Wildman–Crippen MR) is 183 cm³/mol. The molecule has 0 aliphatic carbocycles. The molecule has 0 fully saturated rings. The van der Waals surface area contributed by atoms with Gasteiger partial charge >= 0.3 is 0 Å². The number of hydrogen-bond acceptors (Lipinski definition) is 14. The molecule has 4 aromatic heterocycles. The van der Waals surface area contributed by atoms with Gasteiger partial charge in [-0.2, -0.15) is 0 Å². The number of azo groups is 2. The lowest BCUT2D eigenvalue weighted by Gasteiger charge is -2.09. The Balaban J connectivity index is 0.000000188. The summed E-state index contributed by atoms with van der Waals surface area (Å²) in [6.07, 6.45) is 3.29. The Hall–Kier alpha value is -6.26. The van der Waals surface area contributed by atoms with Crippen LogP contribution in [0.5, 0.6) is 11.5 Å². The van der Waals surface area contributed by atoms with Crippen molar-refractivity contribution in [1.29, 1.82) is 0 Å². The van der Waals surface area contributed by atoms with Crippen molar-refractivity contribution in [3.63, 3.8) is 0 Å². The van der Waals surface area contributed by atoms with Crippen molar-refractivity contribution in [2.75, 3.05) is 24.9 Å². The molecule has 0 aliphatic heterocycles. The molecule has 0 spiro atoms. The van der Waals surface area contributed by atoms with Gasteiger partial charge in [0.2, 0.25) is 0 Å². The normalized spacial score (nSPS) is 10.7. The van der Waals surface area contributed by atoms with Gasteiger partial charge in [-0.05, 0) is 48.5 Å². The fourth-order valence-electron chi connectivity index (χ4n) is 3.76. The zero-order valence-electron chi connectivity index (χ0n) is 25.4. The number of nitrogens with one attached hydrogen (secondary N) is 2. The number of aromatic nitrogens is 4. The van der Waals surface area contributed by atoms with Gasteiger partial charge in [0.15, 0.2) is 11.6 Å². The van der Waals surface area contributed by atoms with Gasteiger partial charge in [-0.15, -0.1) is 43.1 Å². The Morgan fingerprint density at radius 2 is 1.06 bits per heavy atom. The monoisotopic (exact) mass is 678 g/mol. The summed E-state index contributed by atoms with van der Waals surface area (Å²) < 4.78 is 10.6. The van der Waals surface area contributed by atoms with E-state index in [9.17, 15) is 9.59 Å². The first-order chi connectivity index (χ1) is 23.5. The van der Waals surface area contributed by atoms with Gasteiger partial charge in [-0.3, -0.25) is 9.59 Å². The van der Waals surface area contributed by atoms with Gasteiger partial charge < -0.3 is 20.1 Å². The molecule has 0 saturated carbocycles. The molecule has 2 amide bonds. The van der Waals surface area contributed by atoms with E-state index in [1.165, 1.54) is 36.9 Å². The van der Waals surface area contributed by atoms with Crippen molar-refractivity contribution in [1.82, 2.24) is 19.9 Å². The third-order valence-electron chi connectivity index (χ3n) is 6.03. The zero-order valence-corrected chi connectivity index (χ0v) is 27.1. The van der Waals surface area contributed by atoms with Gasteiger partial charge in [0.1, 0.15) is 22.9 Å². The van der Waals surface area contributed by atoms with Gasteiger partial charge in [0.05, 0.1) is 48.0 Å². The molecule has 16 heteroatoms. The minimum atomic E-state index is -0.294. The summed E-state index contributed by atoms with van der Waals surface area (Å²) in [4.78, 5) is 40.2. The summed E-state index contributed by atoms with van der Waals surface area (Å²) in [6.45, 7) is 0. The summed E-state index contributed by atoms with van der Waals surface area (Å²) in [7, 11) is 3.04. The minimum absolute atomic E-state index is 0.294. The van der Waals surface area contributed by atoms with Gasteiger partial charge in [0, 0.05) is 35.3 Å². The molecule has 4 heterocycles. The molecule has 0 radical (unpaired) electrons. The number of rotatable bonds is 10. The third-order valence-corrected chi connectivity index (χ3v) is 7.20. The topological polar surface area (TPSA) is 178 Å². The first-order valence-electron chi connectivity index (χ1n) is 13.9. The highest BCUT2D eigenvalue weighted by Crippen LogP contribution is 2.31. The smallest absolute Gasteiger partial charge is 0.275 e. The number of methoxy groups -OCH3 is 2. The van der Waals surface area contributed by atoms with Crippen molar-refractivity contribution in [2.24, 2.45) is 20.5 Å². The highest BCUT2D eigenvalue weighted by molar-refractivity contribution is 7.08. The SMILES string of the molecule is COc1cc(N=Nc2ccccn2)ccc1NC(=O)c1cscn1.COc1cc(N=Nc2ccccn2)ccc1NC(=O)c1cscn1. The molecule has 2 N–H and O–H groups in total. The quantitative estimate of drug-likeness (QED) is 0.136. The van der Waals surface area contributed by atoms with E-state index < -0.39 is 0 Å². The van der Waals surface area contributed by atoms with Crippen molar-refractivity contribution in [3.05, 3.63) is 118 Å². The van der Waals surface area contributed by atoms with Crippen LogP contribution in [0.25, 0.3) is 0 Å². The van der Waals surface area contributed by atoms with Crippen LogP contribution in [0, 0.1) is 0 Å². The highest BCUT2D eigenvalue weighted by Gasteiger charge is 2.13. The van der Waals surface area contributed by atoms with Gasteiger partial charge in [-0.25, -0.2) is 19.9 Å². The molecular formula is C32H26N10O4S2. The van der Waals surface area contributed by atoms with Crippen molar-refractivity contribution >= 4 is 68.9 Å². The van der Waals surface area contributed by atoms with E-state index in [2.05, 4.69) is 51.0 Å². The van der Waals surface area contributed by atoms with Crippen LogP contribution < -0.4 is 20.1 Å². The van der Waals surface area contributed by atoms with Gasteiger partial charge in [-0.1, -0.05) is 12.1 Å². The van der Waals surface area contributed by atoms with E-state index >= 15 is 0 Å². The number of benzene rings is 2. The van der Waals surface area contributed by atoms with Crippen LogP contribution in [0.3, 0.4) is 0 Å². The Morgan fingerprint density at radius 1 is 0.604 bits per heavy atom. The third kappa shape index (κ3) is 9.38. The number of carbonyl (C=O) groups excluding carboxylic acids is 2. The number of amides is 2. The Labute approximate surface area is 282 Å². The number of nitrogens with zero attached hydrogens (tertiary/aromatic N) is 8.